The highest BCUT2D eigenvalue weighted by atomic mass is 16.4. The molecule has 1 atom stereocenters. The predicted molar refractivity (Wildman–Crippen MR) is 72.3 cm³/mol. The van der Waals surface area contributed by atoms with Gasteiger partial charge in [0.25, 0.3) is 5.91 Å². The Hall–Kier alpha value is -2.47. The first-order chi connectivity index (χ1) is 9.58. The van der Waals surface area contributed by atoms with Crippen molar-refractivity contribution in [3.63, 3.8) is 0 Å². The van der Waals surface area contributed by atoms with Crippen molar-refractivity contribution in [1.82, 2.24) is 10.3 Å². The standard InChI is InChI=1S/C14H14N2O4/c17-12(14(19)20)5-7-16-13(18)10-3-4-11-9(8-10)2-1-6-15-11/h1-4,6,8,12,17H,5,7H2,(H,16,18)(H,19,20)/t12-/m0/s1. The van der Waals surface area contributed by atoms with Gasteiger partial charge in [0.05, 0.1) is 5.52 Å². The summed E-state index contributed by atoms with van der Waals surface area (Å²) in [4.78, 5) is 26.5. The maximum Gasteiger partial charge on any atom is 0.332 e. The zero-order valence-electron chi connectivity index (χ0n) is 10.6. The molecule has 1 heterocycles. The van der Waals surface area contributed by atoms with Crippen LogP contribution in [0.3, 0.4) is 0 Å². The maximum atomic E-state index is 11.9. The van der Waals surface area contributed by atoms with E-state index in [0.717, 1.165) is 10.9 Å². The predicted octanol–water partition coefficient (Wildman–Crippen LogP) is 0.800. The number of nitrogens with one attached hydrogen (secondary N) is 1. The third-order valence-electron chi connectivity index (χ3n) is 2.85. The summed E-state index contributed by atoms with van der Waals surface area (Å²) in [5.41, 5.74) is 1.26. The molecular weight excluding hydrogens is 260 g/mol. The van der Waals surface area contributed by atoms with Crippen molar-refractivity contribution in [1.29, 1.82) is 0 Å². The van der Waals surface area contributed by atoms with E-state index in [2.05, 4.69) is 10.3 Å². The van der Waals surface area contributed by atoms with Crippen LogP contribution in [0.4, 0.5) is 0 Å². The molecule has 0 radical (unpaired) electrons. The first kappa shape index (κ1) is 14.0. The van der Waals surface area contributed by atoms with Crippen molar-refractivity contribution in [3.05, 3.63) is 42.1 Å². The summed E-state index contributed by atoms with van der Waals surface area (Å²) in [6.45, 7) is 0.0946. The van der Waals surface area contributed by atoms with Gasteiger partial charge in [-0.25, -0.2) is 4.79 Å². The highest BCUT2D eigenvalue weighted by Crippen LogP contribution is 2.13. The van der Waals surface area contributed by atoms with E-state index in [1.807, 2.05) is 6.07 Å². The first-order valence-electron chi connectivity index (χ1n) is 6.12. The van der Waals surface area contributed by atoms with Gasteiger partial charge in [-0.3, -0.25) is 9.78 Å². The van der Waals surface area contributed by atoms with Gasteiger partial charge in [0.2, 0.25) is 0 Å². The summed E-state index contributed by atoms with van der Waals surface area (Å²) in [6, 6.07) is 8.75. The Bertz CT molecular complexity index is 642. The molecule has 0 bridgehead atoms. The molecule has 0 fully saturated rings. The first-order valence-corrected chi connectivity index (χ1v) is 6.12. The van der Waals surface area contributed by atoms with E-state index in [1.54, 1.807) is 30.5 Å². The molecule has 2 rings (SSSR count). The van der Waals surface area contributed by atoms with Gasteiger partial charge in [-0.15, -0.1) is 0 Å². The van der Waals surface area contributed by atoms with Gasteiger partial charge in [-0.05, 0) is 24.3 Å². The van der Waals surface area contributed by atoms with Crippen molar-refractivity contribution >= 4 is 22.8 Å². The molecule has 0 aliphatic carbocycles. The number of hydrogen-bond donors (Lipinski definition) is 3. The number of carboxylic acids is 1. The van der Waals surface area contributed by atoms with Gasteiger partial charge in [-0.1, -0.05) is 6.07 Å². The van der Waals surface area contributed by atoms with Crippen LogP contribution in [-0.4, -0.2) is 39.7 Å². The van der Waals surface area contributed by atoms with Crippen LogP contribution in [0.2, 0.25) is 0 Å². The Morgan fingerprint density at radius 3 is 2.85 bits per heavy atom. The lowest BCUT2D eigenvalue weighted by molar-refractivity contribution is -0.146. The molecule has 0 unspecified atom stereocenters. The van der Waals surface area contributed by atoms with Gasteiger partial charge in [0.1, 0.15) is 0 Å². The zero-order valence-corrected chi connectivity index (χ0v) is 10.6. The minimum Gasteiger partial charge on any atom is -0.479 e. The number of amides is 1. The number of nitrogens with zero attached hydrogens (tertiary/aromatic N) is 1. The van der Waals surface area contributed by atoms with Crippen LogP contribution >= 0.6 is 0 Å². The topological polar surface area (TPSA) is 99.5 Å². The van der Waals surface area contributed by atoms with Crippen molar-refractivity contribution < 1.29 is 19.8 Å². The third kappa shape index (κ3) is 3.30. The number of carbonyl (C=O) groups excluding carboxylic acids is 1. The van der Waals surface area contributed by atoms with Gasteiger partial charge in [0, 0.05) is 30.1 Å². The summed E-state index contributed by atoms with van der Waals surface area (Å²) in [7, 11) is 0. The smallest absolute Gasteiger partial charge is 0.332 e. The average molecular weight is 274 g/mol. The SMILES string of the molecule is O=C(NCC[C@H](O)C(=O)O)c1ccc2ncccc2c1. The number of carboxylic acid groups (broad SMARTS) is 1. The highest BCUT2D eigenvalue weighted by molar-refractivity contribution is 5.97. The van der Waals surface area contributed by atoms with E-state index >= 15 is 0 Å². The van der Waals surface area contributed by atoms with E-state index < -0.39 is 12.1 Å². The second-order valence-corrected chi connectivity index (χ2v) is 4.31. The maximum absolute atomic E-state index is 11.9. The molecule has 0 aliphatic rings. The fraction of sp³-hybridized carbons (Fsp3) is 0.214. The number of aliphatic hydroxyl groups is 1. The van der Waals surface area contributed by atoms with Crippen LogP contribution in [0.15, 0.2) is 36.5 Å². The lowest BCUT2D eigenvalue weighted by atomic mass is 10.1. The largest absolute Gasteiger partial charge is 0.479 e. The molecule has 20 heavy (non-hydrogen) atoms. The van der Waals surface area contributed by atoms with Gasteiger partial charge in [-0.2, -0.15) is 0 Å². The summed E-state index contributed by atoms with van der Waals surface area (Å²) in [5.74, 6) is -1.61. The lowest BCUT2D eigenvalue weighted by Gasteiger charge is -2.08. The minimum atomic E-state index is -1.46. The Kier molecular flexibility index (Phi) is 4.27. The highest BCUT2D eigenvalue weighted by Gasteiger charge is 2.13. The third-order valence-corrected chi connectivity index (χ3v) is 2.85. The van der Waals surface area contributed by atoms with Crippen molar-refractivity contribution in [2.24, 2.45) is 0 Å². The van der Waals surface area contributed by atoms with Crippen LogP contribution in [0.25, 0.3) is 10.9 Å². The van der Waals surface area contributed by atoms with Crippen LogP contribution in [0.1, 0.15) is 16.8 Å². The number of fused-ring (bicyclic) bond motifs is 1. The molecule has 6 nitrogen and oxygen atoms in total. The lowest BCUT2D eigenvalue weighted by Crippen LogP contribution is -2.30. The van der Waals surface area contributed by atoms with Crippen molar-refractivity contribution in [3.8, 4) is 0 Å². The average Bonchev–Trinajstić information content (AvgIpc) is 2.46. The summed E-state index contributed by atoms with van der Waals surface area (Å²) in [5, 5.41) is 21.0. The monoisotopic (exact) mass is 274 g/mol. The summed E-state index contributed by atoms with van der Waals surface area (Å²) in [6.07, 6.45) is 0.182. The number of pyridine rings is 1. The van der Waals surface area contributed by atoms with E-state index in [-0.39, 0.29) is 18.9 Å². The zero-order chi connectivity index (χ0) is 14.5. The van der Waals surface area contributed by atoms with Gasteiger partial charge >= 0.3 is 5.97 Å². The molecule has 1 aromatic heterocycles. The normalized spacial score (nSPS) is 12.1. The number of aliphatic hydroxyl groups excluding tert-OH is 1. The van der Waals surface area contributed by atoms with Crippen molar-refractivity contribution in [2.45, 2.75) is 12.5 Å². The number of carbonyl (C=O) groups is 2. The molecule has 6 heteroatoms. The Morgan fingerprint density at radius 1 is 1.30 bits per heavy atom. The number of aromatic nitrogens is 1. The number of hydrogen-bond acceptors (Lipinski definition) is 4. The van der Waals surface area contributed by atoms with Crippen LogP contribution in [0, 0.1) is 0 Å². The summed E-state index contributed by atoms with van der Waals surface area (Å²) >= 11 is 0. The number of aliphatic carboxylic acids is 1. The fourth-order valence-corrected chi connectivity index (χ4v) is 1.76. The second kappa shape index (κ2) is 6.12. The fourth-order valence-electron chi connectivity index (χ4n) is 1.76. The Labute approximate surface area is 115 Å². The molecule has 1 amide bonds. The van der Waals surface area contributed by atoms with E-state index in [4.69, 9.17) is 10.2 Å². The Balaban J connectivity index is 1.99. The van der Waals surface area contributed by atoms with Gasteiger partial charge in [0.15, 0.2) is 6.10 Å². The second-order valence-electron chi connectivity index (χ2n) is 4.31. The molecule has 0 aliphatic heterocycles. The molecule has 1 aromatic carbocycles. The molecule has 2 aromatic rings. The van der Waals surface area contributed by atoms with Crippen molar-refractivity contribution in [2.75, 3.05) is 6.54 Å². The molecule has 0 saturated carbocycles. The van der Waals surface area contributed by atoms with E-state index in [9.17, 15) is 9.59 Å². The number of rotatable bonds is 5. The quantitative estimate of drug-likeness (QED) is 0.749. The summed E-state index contributed by atoms with van der Waals surface area (Å²) < 4.78 is 0. The van der Waals surface area contributed by atoms with Crippen LogP contribution < -0.4 is 5.32 Å². The molecular formula is C14H14N2O4. The van der Waals surface area contributed by atoms with Crippen LogP contribution in [-0.2, 0) is 4.79 Å². The van der Waals surface area contributed by atoms with E-state index in [0.29, 0.717) is 5.56 Å². The molecule has 104 valence electrons. The van der Waals surface area contributed by atoms with E-state index in [1.165, 1.54) is 0 Å². The number of benzene rings is 1. The van der Waals surface area contributed by atoms with Crippen LogP contribution in [0.5, 0.6) is 0 Å². The van der Waals surface area contributed by atoms with Gasteiger partial charge < -0.3 is 15.5 Å². The Morgan fingerprint density at radius 2 is 2.10 bits per heavy atom. The molecule has 3 N–H and O–H groups in total. The molecule has 0 spiro atoms. The minimum absolute atomic E-state index is 0.0315. The molecule has 0 saturated heterocycles.